The summed E-state index contributed by atoms with van der Waals surface area (Å²) in [7, 11) is 0. The van der Waals surface area contributed by atoms with E-state index in [1.165, 1.54) is 12.1 Å². The lowest BCUT2D eigenvalue weighted by Gasteiger charge is -2.43. The van der Waals surface area contributed by atoms with Crippen molar-refractivity contribution >= 4 is 22.8 Å². The number of imidazole rings is 1. The summed E-state index contributed by atoms with van der Waals surface area (Å²) in [5.74, 6) is -0.330. The Bertz CT molecular complexity index is 1200. The van der Waals surface area contributed by atoms with E-state index >= 15 is 0 Å². The summed E-state index contributed by atoms with van der Waals surface area (Å²) in [4.78, 5) is 18.8. The van der Waals surface area contributed by atoms with Gasteiger partial charge in [-0.2, -0.15) is 5.26 Å². The predicted octanol–water partition coefficient (Wildman–Crippen LogP) is 5.02. The maximum atomic E-state index is 13.3. The zero-order valence-corrected chi connectivity index (χ0v) is 17.3. The van der Waals surface area contributed by atoms with E-state index in [1.807, 2.05) is 18.5 Å². The molecule has 1 saturated carbocycles. The largest absolute Gasteiger partial charge is 0.441 e. The molecule has 158 valence electrons. The lowest BCUT2D eigenvalue weighted by Crippen LogP contribution is -2.45. The predicted molar refractivity (Wildman–Crippen MR) is 114 cm³/mol. The number of rotatable bonds is 3. The molecule has 2 aromatic carbocycles. The van der Waals surface area contributed by atoms with Gasteiger partial charge in [0, 0.05) is 12.2 Å². The monoisotopic (exact) mass is 418 g/mol. The van der Waals surface area contributed by atoms with Crippen molar-refractivity contribution in [3.8, 4) is 6.07 Å². The average Bonchev–Trinajstić information content (AvgIpc) is 3.28. The van der Waals surface area contributed by atoms with E-state index in [4.69, 9.17) is 4.74 Å². The molecule has 0 unspecified atom stereocenters. The first-order valence-corrected chi connectivity index (χ1v) is 10.5. The van der Waals surface area contributed by atoms with Crippen LogP contribution in [-0.2, 0) is 11.3 Å². The zero-order valence-electron chi connectivity index (χ0n) is 17.3. The van der Waals surface area contributed by atoms with Crippen LogP contribution in [0.25, 0.3) is 11.0 Å². The van der Waals surface area contributed by atoms with Gasteiger partial charge in [0.1, 0.15) is 11.4 Å². The van der Waals surface area contributed by atoms with E-state index in [1.54, 1.807) is 23.1 Å². The highest BCUT2D eigenvalue weighted by Crippen LogP contribution is 2.48. The number of nitrogens with zero attached hydrogens (tertiary/aromatic N) is 4. The Morgan fingerprint density at radius 2 is 2.03 bits per heavy atom. The minimum absolute atomic E-state index is 0.0897. The lowest BCUT2D eigenvalue weighted by molar-refractivity contribution is -0.0264. The number of benzene rings is 2. The van der Waals surface area contributed by atoms with Crippen LogP contribution in [-0.4, -0.2) is 27.8 Å². The summed E-state index contributed by atoms with van der Waals surface area (Å²) < 4.78 is 21.4. The Morgan fingerprint density at radius 3 is 2.81 bits per heavy atom. The first-order chi connectivity index (χ1) is 14.9. The van der Waals surface area contributed by atoms with Gasteiger partial charge in [0.05, 0.1) is 35.5 Å². The van der Waals surface area contributed by atoms with Crippen molar-refractivity contribution in [2.24, 2.45) is 5.41 Å². The van der Waals surface area contributed by atoms with Gasteiger partial charge in [-0.1, -0.05) is 6.92 Å². The molecular formula is C24H23FN4O2. The molecule has 0 radical (unpaired) electrons. The molecule has 2 atom stereocenters. The molecule has 1 spiro atoms. The summed E-state index contributed by atoms with van der Waals surface area (Å²) in [6.45, 7) is 3.42. The number of carbonyl (C=O) groups excluding carboxylic acids is 1. The smallest absolute Gasteiger partial charge is 0.415 e. The van der Waals surface area contributed by atoms with E-state index in [-0.39, 0.29) is 17.3 Å². The van der Waals surface area contributed by atoms with Gasteiger partial charge in [0.15, 0.2) is 0 Å². The van der Waals surface area contributed by atoms with Gasteiger partial charge in [-0.3, -0.25) is 4.90 Å². The summed E-state index contributed by atoms with van der Waals surface area (Å²) in [5, 5.41) is 9.24. The van der Waals surface area contributed by atoms with Crippen LogP contribution in [0.4, 0.5) is 14.9 Å². The van der Waals surface area contributed by atoms with Crippen molar-refractivity contribution < 1.29 is 13.9 Å². The standard InChI is InChI=1S/C24H23FN4O2/c1-23(14-28-16-27-20-8-3-17(12-26)11-21(20)28)9-2-10-24(13-23)15-29(22(30)31-24)19-6-4-18(25)5-7-19/h3-8,11,16H,2,9-10,13-15H2,1H3/t23-,24-/m0/s1. The maximum absolute atomic E-state index is 13.3. The number of halogens is 1. The Kier molecular flexibility index (Phi) is 4.47. The maximum Gasteiger partial charge on any atom is 0.415 e. The highest BCUT2D eigenvalue weighted by molar-refractivity contribution is 5.90. The minimum Gasteiger partial charge on any atom is -0.441 e. The summed E-state index contributed by atoms with van der Waals surface area (Å²) in [6, 6.07) is 13.7. The van der Waals surface area contributed by atoms with E-state index in [2.05, 4.69) is 22.5 Å². The van der Waals surface area contributed by atoms with Crippen molar-refractivity contribution in [3.63, 3.8) is 0 Å². The van der Waals surface area contributed by atoms with Crippen LogP contribution in [0.15, 0.2) is 48.8 Å². The third-order valence-electron chi connectivity index (χ3n) is 6.57. The van der Waals surface area contributed by atoms with Crippen LogP contribution < -0.4 is 4.90 Å². The Balaban J connectivity index is 1.39. The summed E-state index contributed by atoms with van der Waals surface area (Å²) in [5.41, 5.74) is 2.43. The molecule has 31 heavy (non-hydrogen) atoms. The third-order valence-corrected chi connectivity index (χ3v) is 6.57. The molecule has 6 nitrogen and oxygen atoms in total. The van der Waals surface area contributed by atoms with Crippen molar-refractivity contribution in [2.75, 3.05) is 11.4 Å². The first-order valence-electron chi connectivity index (χ1n) is 10.5. The molecule has 1 aliphatic carbocycles. The SMILES string of the molecule is C[C@]1(Cn2cnc3ccc(C#N)cc32)CCC[C@@]2(CN(c3ccc(F)cc3)C(=O)O2)C1. The number of anilines is 1. The van der Waals surface area contributed by atoms with Gasteiger partial charge < -0.3 is 9.30 Å². The highest BCUT2D eigenvalue weighted by atomic mass is 19.1. The van der Waals surface area contributed by atoms with Crippen LogP contribution >= 0.6 is 0 Å². The molecule has 0 bridgehead atoms. The molecule has 1 aliphatic heterocycles. The van der Waals surface area contributed by atoms with Crippen molar-refractivity contribution in [3.05, 3.63) is 60.2 Å². The Labute approximate surface area is 179 Å². The van der Waals surface area contributed by atoms with Crippen LogP contribution in [0.1, 0.15) is 38.2 Å². The first kappa shape index (κ1) is 19.6. The number of hydrogen-bond acceptors (Lipinski definition) is 4. The van der Waals surface area contributed by atoms with Crippen LogP contribution in [0.2, 0.25) is 0 Å². The fourth-order valence-electron chi connectivity index (χ4n) is 5.26. The molecule has 1 amide bonds. The van der Waals surface area contributed by atoms with E-state index in [0.29, 0.717) is 17.8 Å². The highest BCUT2D eigenvalue weighted by Gasteiger charge is 2.51. The number of aromatic nitrogens is 2. The van der Waals surface area contributed by atoms with Crippen molar-refractivity contribution in [1.82, 2.24) is 9.55 Å². The number of hydrogen-bond donors (Lipinski definition) is 0. The van der Waals surface area contributed by atoms with E-state index in [0.717, 1.165) is 43.3 Å². The van der Waals surface area contributed by atoms with Gasteiger partial charge in [-0.25, -0.2) is 14.2 Å². The second-order valence-corrected chi connectivity index (χ2v) is 9.14. The fraction of sp³-hybridized carbons (Fsp3) is 0.375. The summed E-state index contributed by atoms with van der Waals surface area (Å²) in [6.07, 6.45) is 4.97. The van der Waals surface area contributed by atoms with Gasteiger partial charge in [0.25, 0.3) is 0 Å². The average molecular weight is 418 g/mol. The van der Waals surface area contributed by atoms with Gasteiger partial charge in [-0.05, 0) is 73.6 Å². The molecule has 2 heterocycles. The molecule has 1 saturated heterocycles. The normalized spacial score (nSPS) is 25.7. The van der Waals surface area contributed by atoms with Gasteiger partial charge in [0.2, 0.25) is 0 Å². The second-order valence-electron chi connectivity index (χ2n) is 9.14. The topological polar surface area (TPSA) is 71.2 Å². The zero-order chi connectivity index (χ0) is 21.6. The Hall–Kier alpha value is -3.40. The van der Waals surface area contributed by atoms with Gasteiger partial charge >= 0.3 is 6.09 Å². The number of carbonyl (C=O) groups is 1. The van der Waals surface area contributed by atoms with Crippen LogP contribution in [0.5, 0.6) is 0 Å². The Morgan fingerprint density at radius 1 is 1.23 bits per heavy atom. The second kappa shape index (κ2) is 7.09. The fourth-order valence-corrected chi connectivity index (χ4v) is 5.26. The quantitative estimate of drug-likeness (QED) is 0.599. The minimum atomic E-state index is -0.549. The number of amides is 1. The van der Waals surface area contributed by atoms with Crippen LogP contribution in [0, 0.1) is 22.6 Å². The molecule has 5 rings (SSSR count). The number of ether oxygens (including phenoxy) is 1. The third kappa shape index (κ3) is 3.52. The molecular weight excluding hydrogens is 395 g/mol. The molecule has 0 N–H and O–H groups in total. The molecule has 1 aromatic heterocycles. The van der Waals surface area contributed by atoms with E-state index < -0.39 is 5.60 Å². The van der Waals surface area contributed by atoms with E-state index in [9.17, 15) is 14.4 Å². The molecule has 3 aromatic rings. The lowest BCUT2D eigenvalue weighted by atomic mass is 9.68. The number of fused-ring (bicyclic) bond motifs is 1. The van der Waals surface area contributed by atoms with Crippen molar-refractivity contribution in [1.29, 1.82) is 5.26 Å². The number of nitriles is 1. The van der Waals surface area contributed by atoms with Crippen molar-refractivity contribution in [2.45, 2.75) is 44.8 Å². The molecule has 7 heteroatoms. The molecule has 2 fully saturated rings. The van der Waals surface area contributed by atoms with Gasteiger partial charge in [-0.15, -0.1) is 0 Å². The van der Waals surface area contributed by atoms with Crippen LogP contribution in [0.3, 0.4) is 0 Å². The summed E-state index contributed by atoms with van der Waals surface area (Å²) >= 11 is 0. The molecule has 2 aliphatic rings.